The second-order valence-electron chi connectivity index (χ2n) is 5.51. The Bertz CT molecular complexity index is 910. The lowest BCUT2D eigenvalue weighted by Gasteiger charge is -2.28. The van der Waals surface area contributed by atoms with Crippen molar-refractivity contribution in [2.24, 2.45) is 0 Å². The quantitative estimate of drug-likeness (QED) is 0.653. The largest absolute Gasteiger partial charge is 0.478 e. The first-order chi connectivity index (χ1) is 12.7. The Labute approximate surface area is 161 Å². The maximum absolute atomic E-state index is 13.2. The second kappa shape index (κ2) is 7.36. The average molecular weight is 417 g/mol. The van der Waals surface area contributed by atoms with E-state index in [2.05, 4.69) is 0 Å². The molecule has 1 N–H and O–H groups in total. The molecule has 1 aliphatic rings. The van der Waals surface area contributed by atoms with Gasteiger partial charge in [0, 0.05) is 4.90 Å². The highest BCUT2D eigenvalue weighted by molar-refractivity contribution is 7.98. The maximum Gasteiger partial charge on any atom is 0.430 e. The van der Waals surface area contributed by atoms with E-state index in [9.17, 15) is 23.1 Å². The van der Waals surface area contributed by atoms with Crippen LogP contribution >= 0.6 is 23.4 Å². The molecule has 9 heteroatoms. The summed E-state index contributed by atoms with van der Waals surface area (Å²) in [5.74, 6) is -1.49. The number of rotatable bonds is 4. The predicted molar refractivity (Wildman–Crippen MR) is 95.8 cm³/mol. The van der Waals surface area contributed by atoms with Crippen LogP contribution in [0.25, 0.3) is 6.08 Å². The van der Waals surface area contributed by atoms with Gasteiger partial charge in [0.15, 0.2) is 5.75 Å². The lowest BCUT2D eigenvalue weighted by Crippen LogP contribution is -2.40. The number of thioether (sulfide) groups is 1. The van der Waals surface area contributed by atoms with E-state index in [1.165, 1.54) is 23.9 Å². The van der Waals surface area contributed by atoms with Gasteiger partial charge in [-0.05, 0) is 48.7 Å². The van der Waals surface area contributed by atoms with E-state index in [4.69, 9.17) is 21.1 Å². The lowest BCUT2D eigenvalue weighted by molar-refractivity contribution is -0.187. The van der Waals surface area contributed by atoms with E-state index >= 15 is 0 Å². The molecule has 1 aliphatic heterocycles. The van der Waals surface area contributed by atoms with Crippen LogP contribution in [0.15, 0.2) is 46.9 Å². The highest BCUT2D eigenvalue weighted by Gasteiger charge is 2.48. The average Bonchev–Trinajstić information content (AvgIpc) is 2.62. The molecule has 1 atom stereocenters. The number of benzene rings is 2. The molecule has 0 aliphatic carbocycles. The summed E-state index contributed by atoms with van der Waals surface area (Å²) in [6.45, 7) is 0. The monoisotopic (exact) mass is 416 g/mol. The zero-order valence-corrected chi connectivity index (χ0v) is 15.3. The van der Waals surface area contributed by atoms with Crippen molar-refractivity contribution in [2.45, 2.75) is 17.2 Å². The molecule has 0 aromatic heterocycles. The molecular formula is C18H12ClF3O4S. The van der Waals surface area contributed by atoms with Gasteiger partial charge in [-0.3, -0.25) is 0 Å². The molecule has 0 spiro atoms. The normalized spacial score (nSPS) is 16.2. The summed E-state index contributed by atoms with van der Waals surface area (Å²) in [4.78, 5) is 12.3. The maximum atomic E-state index is 13.2. The Kier molecular flexibility index (Phi) is 5.30. The van der Waals surface area contributed by atoms with Gasteiger partial charge in [0.05, 0.1) is 16.2 Å². The lowest BCUT2D eigenvalue weighted by atomic mass is 10.0. The summed E-state index contributed by atoms with van der Waals surface area (Å²) in [5, 5.41) is 9.29. The number of alkyl halides is 3. The molecule has 2 aromatic rings. The van der Waals surface area contributed by atoms with Crippen molar-refractivity contribution in [1.29, 1.82) is 0 Å². The van der Waals surface area contributed by atoms with Gasteiger partial charge in [-0.15, -0.1) is 11.8 Å². The number of carboxylic acids is 1. The molecule has 4 nitrogen and oxygen atoms in total. The molecule has 0 bridgehead atoms. The van der Waals surface area contributed by atoms with Gasteiger partial charge in [0.2, 0.25) is 6.10 Å². The van der Waals surface area contributed by atoms with Crippen LogP contribution < -0.4 is 9.47 Å². The standard InChI is InChI=1S/C18H12ClF3O4S/c1-27-10-4-2-9(3-5-10)25-15-11-8-12(17(23)24)16(18(20,21)22)26-14(11)7-6-13(15)19/h2-8,16H,1H3,(H,23,24). The zero-order valence-electron chi connectivity index (χ0n) is 13.7. The number of aliphatic carboxylic acids is 1. The van der Waals surface area contributed by atoms with E-state index in [1.54, 1.807) is 24.3 Å². The Morgan fingerprint density at radius 3 is 2.44 bits per heavy atom. The fraction of sp³-hybridized carbons (Fsp3) is 0.167. The molecule has 2 aromatic carbocycles. The van der Waals surface area contributed by atoms with Crippen LogP contribution in [0.3, 0.4) is 0 Å². The molecule has 0 radical (unpaired) electrons. The minimum absolute atomic E-state index is 0.0189. The van der Waals surface area contributed by atoms with Crippen molar-refractivity contribution in [3.8, 4) is 17.2 Å². The molecule has 1 unspecified atom stereocenters. The van der Waals surface area contributed by atoms with Gasteiger partial charge in [0.1, 0.15) is 11.5 Å². The topological polar surface area (TPSA) is 55.8 Å². The van der Waals surface area contributed by atoms with Crippen LogP contribution in [-0.4, -0.2) is 29.6 Å². The highest BCUT2D eigenvalue weighted by Crippen LogP contribution is 2.45. The summed E-state index contributed by atoms with van der Waals surface area (Å²) in [5.41, 5.74) is -0.908. The predicted octanol–water partition coefficient (Wildman–Crippen LogP) is 5.65. The van der Waals surface area contributed by atoms with Gasteiger partial charge in [-0.1, -0.05) is 11.6 Å². The summed E-state index contributed by atoms with van der Waals surface area (Å²) in [6, 6.07) is 9.53. The van der Waals surface area contributed by atoms with Crippen molar-refractivity contribution in [1.82, 2.24) is 0 Å². The number of hydrogen-bond donors (Lipinski definition) is 1. The van der Waals surface area contributed by atoms with E-state index < -0.39 is 23.8 Å². The van der Waals surface area contributed by atoms with Crippen LogP contribution in [-0.2, 0) is 4.79 Å². The smallest absolute Gasteiger partial charge is 0.430 e. The van der Waals surface area contributed by atoms with E-state index in [-0.39, 0.29) is 22.1 Å². The molecule has 27 heavy (non-hydrogen) atoms. The van der Waals surface area contributed by atoms with Gasteiger partial charge < -0.3 is 14.6 Å². The zero-order chi connectivity index (χ0) is 19.8. The number of halogens is 4. The Balaban J connectivity index is 2.06. The third-order valence-corrected chi connectivity index (χ3v) is 4.80. The first-order valence-electron chi connectivity index (χ1n) is 7.53. The molecule has 0 amide bonds. The molecule has 0 saturated carbocycles. The van der Waals surface area contributed by atoms with Crippen molar-refractivity contribution in [3.05, 3.63) is 52.6 Å². The summed E-state index contributed by atoms with van der Waals surface area (Å²) in [6.07, 6.45) is -4.66. The third kappa shape index (κ3) is 4.01. The SMILES string of the molecule is CSc1ccc(Oc2c(Cl)ccc3c2C=C(C(=O)O)C(C(F)(F)F)O3)cc1. The fourth-order valence-electron chi connectivity index (χ4n) is 2.50. The highest BCUT2D eigenvalue weighted by atomic mass is 35.5. The molecule has 3 rings (SSSR count). The first kappa shape index (κ1) is 19.4. The van der Waals surface area contributed by atoms with Crippen LogP contribution in [0, 0.1) is 0 Å². The molecule has 0 saturated heterocycles. The van der Waals surface area contributed by atoms with Gasteiger partial charge in [-0.2, -0.15) is 13.2 Å². The summed E-state index contributed by atoms with van der Waals surface area (Å²) < 4.78 is 50.1. The third-order valence-electron chi connectivity index (χ3n) is 3.76. The van der Waals surface area contributed by atoms with Gasteiger partial charge in [-0.25, -0.2) is 4.79 Å². The van der Waals surface area contributed by atoms with Crippen LogP contribution in [0.2, 0.25) is 5.02 Å². The molecular weight excluding hydrogens is 405 g/mol. The Morgan fingerprint density at radius 2 is 1.89 bits per heavy atom. The van der Waals surface area contributed by atoms with Gasteiger partial charge >= 0.3 is 12.1 Å². The minimum atomic E-state index is -4.88. The van der Waals surface area contributed by atoms with E-state index in [0.717, 1.165) is 11.0 Å². The number of ether oxygens (including phenoxy) is 2. The summed E-state index contributed by atoms with van der Waals surface area (Å²) >= 11 is 7.67. The van der Waals surface area contributed by atoms with E-state index in [0.29, 0.717) is 5.75 Å². The molecule has 142 valence electrons. The fourth-order valence-corrected chi connectivity index (χ4v) is 3.11. The minimum Gasteiger partial charge on any atom is -0.478 e. The van der Waals surface area contributed by atoms with Crippen LogP contribution in [0.1, 0.15) is 5.56 Å². The van der Waals surface area contributed by atoms with Crippen molar-refractivity contribution in [2.75, 3.05) is 6.26 Å². The van der Waals surface area contributed by atoms with Crippen molar-refractivity contribution in [3.63, 3.8) is 0 Å². The number of carbonyl (C=O) groups is 1. The summed E-state index contributed by atoms with van der Waals surface area (Å²) in [7, 11) is 0. The number of hydrogen-bond acceptors (Lipinski definition) is 4. The number of carboxylic acid groups (broad SMARTS) is 1. The van der Waals surface area contributed by atoms with E-state index in [1.807, 2.05) is 6.26 Å². The molecule has 0 fully saturated rings. The Morgan fingerprint density at radius 1 is 1.22 bits per heavy atom. The Hall–Kier alpha value is -2.32. The van der Waals surface area contributed by atoms with Crippen LogP contribution in [0.4, 0.5) is 13.2 Å². The molecule has 1 heterocycles. The second-order valence-corrected chi connectivity index (χ2v) is 6.80. The number of fused-ring (bicyclic) bond motifs is 1. The van der Waals surface area contributed by atoms with Crippen LogP contribution in [0.5, 0.6) is 17.2 Å². The van der Waals surface area contributed by atoms with Crippen molar-refractivity contribution < 1.29 is 32.5 Å². The van der Waals surface area contributed by atoms with Crippen molar-refractivity contribution >= 4 is 35.4 Å². The first-order valence-corrected chi connectivity index (χ1v) is 9.13. The van der Waals surface area contributed by atoms with Gasteiger partial charge in [0.25, 0.3) is 0 Å².